The van der Waals surface area contributed by atoms with Gasteiger partial charge in [0.05, 0.1) is 38.9 Å². The predicted octanol–water partition coefficient (Wildman–Crippen LogP) is 22.8. The Balaban J connectivity index is 0.000000194. The van der Waals surface area contributed by atoms with Crippen molar-refractivity contribution in [1.82, 2.24) is 29.1 Å². The second-order valence-corrected chi connectivity index (χ2v) is 29.0. The van der Waals surface area contributed by atoms with Gasteiger partial charge < -0.3 is 10.2 Å². The SMILES string of the molecule is CC(C)(C)c1cc(-c2nc3c(-c4[c-]c(-c5cc(-c6ccccc6)ccn5)ccc4)cccc3n2-c2ccccc2)c(O)c(C(C)(C)C)c1.CC(C)(C)c1cc(-c2nc3c(-c4cccc(-c5cc(-c6ccccc6)ccn5)c4)cccc3n2-c2ccccc2)c(O)c(C(C)(C)C)c1.[2HH].[Pt]. The van der Waals surface area contributed by atoms with E-state index in [2.05, 4.69) is 292 Å². The van der Waals surface area contributed by atoms with Crippen molar-refractivity contribution in [2.45, 2.75) is 105 Å². The summed E-state index contributed by atoms with van der Waals surface area (Å²) in [5.41, 5.74) is 22.6. The summed E-state index contributed by atoms with van der Waals surface area (Å²) in [6.45, 7) is 26.1. The number of aromatic hydroxyl groups is 2. The maximum absolute atomic E-state index is 12.0. The van der Waals surface area contributed by atoms with Gasteiger partial charge in [-0.25, -0.2) is 9.97 Å². The van der Waals surface area contributed by atoms with E-state index in [0.717, 1.165) is 134 Å². The molecule has 4 aromatic heterocycles. The second-order valence-electron chi connectivity index (χ2n) is 29.0. The van der Waals surface area contributed by atoms with Crippen molar-refractivity contribution < 1.29 is 32.7 Å². The van der Waals surface area contributed by atoms with Gasteiger partial charge in [0, 0.05) is 74.2 Å². The van der Waals surface area contributed by atoms with Gasteiger partial charge in [-0.1, -0.05) is 252 Å². The molecule has 0 radical (unpaired) electrons. The zero-order chi connectivity index (χ0) is 67.3. The fraction of sp³-hybridized carbons (Fsp3) is 0.182. The average Bonchev–Trinajstić information content (AvgIpc) is 1.58. The molecular weight excluding hydrogens is 1370 g/mol. The molecule has 0 aliphatic rings. The minimum absolute atomic E-state index is 0. The van der Waals surface area contributed by atoms with Crippen LogP contribution >= 0.6 is 0 Å². The Morgan fingerprint density at radius 1 is 0.330 bits per heavy atom. The van der Waals surface area contributed by atoms with E-state index in [-0.39, 0.29) is 55.7 Å². The van der Waals surface area contributed by atoms with Crippen LogP contribution in [-0.4, -0.2) is 39.3 Å². The van der Waals surface area contributed by atoms with Gasteiger partial charge in [0.2, 0.25) is 0 Å². The minimum atomic E-state index is -0.268. The molecule has 14 rings (SSSR count). The molecular formula is C88H83N6O2Pt-. The van der Waals surface area contributed by atoms with E-state index in [0.29, 0.717) is 11.6 Å². The molecule has 97 heavy (non-hydrogen) atoms. The normalized spacial score (nSPS) is 11.9. The Morgan fingerprint density at radius 2 is 0.722 bits per heavy atom. The third-order valence-corrected chi connectivity index (χ3v) is 18.0. The van der Waals surface area contributed by atoms with Crippen LogP contribution in [0.3, 0.4) is 0 Å². The molecule has 0 amide bonds. The van der Waals surface area contributed by atoms with Gasteiger partial charge in [-0.05, 0) is 133 Å². The summed E-state index contributed by atoms with van der Waals surface area (Å²) in [4.78, 5) is 20.2. The zero-order valence-electron chi connectivity index (χ0n) is 57.2. The van der Waals surface area contributed by atoms with Crippen molar-refractivity contribution in [1.29, 1.82) is 0 Å². The van der Waals surface area contributed by atoms with Crippen molar-refractivity contribution in [2.24, 2.45) is 0 Å². The number of phenols is 2. The molecule has 0 fully saturated rings. The molecule has 8 nitrogen and oxygen atoms in total. The van der Waals surface area contributed by atoms with Crippen LogP contribution in [0.4, 0.5) is 0 Å². The monoisotopic (exact) mass is 1450 g/mol. The standard InChI is InChI=1S/C44H41N3O.C44H40N3O.Pt.H2/c2*1-43(2,3)33-27-36(41(48)37(28-33)44(4,5)6)42-46-40-35(21-14-22-39(40)47(42)34-19-11-8-12-20-34)31-17-13-18-32(25-31)38-26-30(23-24-45-38)29-15-9-7-10-16-29;;/h7-28,48H,1-6H3;7-24,26-28,48H,1-6H3;;1H/q;-1;;/i;;;1+1. The molecule has 9 heteroatoms. The molecule has 0 aliphatic heterocycles. The molecule has 0 atom stereocenters. The van der Waals surface area contributed by atoms with E-state index in [9.17, 15) is 10.2 Å². The van der Waals surface area contributed by atoms with Gasteiger partial charge in [-0.15, -0.1) is 29.8 Å². The summed E-state index contributed by atoms with van der Waals surface area (Å²) in [7, 11) is 0. The third kappa shape index (κ3) is 13.7. The van der Waals surface area contributed by atoms with Crippen LogP contribution < -0.4 is 0 Å². The first kappa shape index (κ1) is 66.7. The predicted molar refractivity (Wildman–Crippen MR) is 400 cm³/mol. The minimum Gasteiger partial charge on any atom is -0.507 e. The summed E-state index contributed by atoms with van der Waals surface area (Å²) in [6, 6.07) is 89.2. The van der Waals surface area contributed by atoms with Crippen LogP contribution in [-0.2, 0) is 42.7 Å². The van der Waals surface area contributed by atoms with Gasteiger partial charge in [0.1, 0.15) is 23.1 Å². The first-order valence-corrected chi connectivity index (χ1v) is 33.1. The second kappa shape index (κ2) is 26.7. The number of hydrogen-bond donors (Lipinski definition) is 2. The summed E-state index contributed by atoms with van der Waals surface area (Å²) in [5, 5.41) is 23.9. The average molecular weight is 1450 g/mol. The summed E-state index contributed by atoms with van der Waals surface area (Å²) in [5.74, 6) is 1.95. The number of hydrogen-bond acceptors (Lipinski definition) is 6. The van der Waals surface area contributed by atoms with E-state index in [1.54, 1.807) is 0 Å². The number of phenolic OH excluding ortho intramolecular Hbond substituents is 2. The zero-order valence-corrected chi connectivity index (χ0v) is 59.5. The molecule has 10 aromatic carbocycles. The van der Waals surface area contributed by atoms with Gasteiger partial charge in [-0.3, -0.25) is 19.1 Å². The van der Waals surface area contributed by atoms with Crippen LogP contribution in [0.2, 0.25) is 0 Å². The molecule has 2 N–H and O–H groups in total. The summed E-state index contributed by atoms with van der Waals surface area (Å²) < 4.78 is 4.35. The smallest absolute Gasteiger partial charge is 0.149 e. The van der Waals surface area contributed by atoms with Crippen LogP contribution in [0, 0.1) is 6.07 Å². The Bertz CT molecular complexity index is 4850. The molecule has 488 valence electrons. The molecule has 4 heterocycles. The number of nitrogens with zero attached hydrogens (tertiary/aromatic N) is 6. The van der Waals surface area contributed by atoms with E-state index < -0.39 is 0 Å². The van der Waals surface area contributed by atoms with Crippen LogP contribution in [0.1, 0.15) is 107 Å². The summed E-state index contributed by atoms with van der Waals surface area (Å²) in [6.07, 6.45) is 3.74. The van der Waals surface area contributed by atoms with Crippen molar-refractivity contribution in [2.75, 3.05) is 0 Å². The largest absolute Gasteiger partial charge is 0.507 e. The first-order chi connectivity index (χ1) is 46.0. The fourth-order valence-electron chi connectivity index (χ4n) is 12.7. The number of para-hydroxylation sites is 4. The maximum atomic E-state index is 12.0. The van der Waals surface area contributed by atoms with E-state index in [1.165, 1.54) is 0 Å². The molecule has 0 unspecified atom stereocenters. The quantitative estimate of drug-likeness (QED) is 0.132. The number of rotatable bonds is 10. The number of benzene rings is 10. The molecule has 0 aliphatic carbocycles. The van der Waals surface area contributed by atoms with Gasteiger partial charge >= 0.3 is 0 Å². The third-order valence-electron chi connectivity index (χ3n) is 18.0. The van der Waals surface area contributed by atoms with Crippen LogP contribution in [0.25, 0.3) is 123 Å². The van der Waals surface area contributed by atoms with E-state index in [1.807, 2.05) is 67.0 Å². The Labute approximate surface area is 586 Å². The fourth-order valence-corrected chi connectivity index (χ4v) is 12.7. The van der Waals surface area contributed by atoms with Crippen molar-refractivity contribution in [3.05, 3.63) is 289 Å². The molecule has 0 spiro atoms. The molecule has 0 bridgehead atoms. The van der Waals surface area contributed by atoms with E-state index >= 15 is 0 Å². The van der Waals surface area contributed by atoms with Gasteiger partial charge in [0.15, 0.2) is 0 Å². The molecule has 14 aromatic rings. The van der Waals surface area contributed by atoms with Crippen molar-refractivity contribution >= 4 is 22.1 Å². The van der Waals surface area contributed by atoms with Crippen LogP contribution in [0.5, 0.6) is 11.5 Å². The number of aromatic nitrogens is 6. The number of fused-ring (bicyclic) bond motifs is 2. The summed E-state index contributed by atoms with van der Waals surface area (Å²) >= 11 is 0. The topological polar surface area (TPSA) is 102 Å². The molecule has 0 saturated heterocycles. The first-order valence-electron chi connectivity index (χ1n) is 33.1. The van der Waals surface area contributed by atoms with Crippen LogP contribution in [0.15, 0.2) is 261 Å². The van der Waals surface area contributed by atoms with E-state index in [4.69, 9.17) is 19.9 Å². The Hall–Kier alpha value is -10.3. The Kier molecular flexibility index (Phi) is 18.4. The van der Waals surface area contributed by atoms with Crippen molar-refractivity contribution in [3.8, 4) is 113 Å². The van der Waals surface area contributed by atoms with Gasteiger partial charge in [0.25, 0.3) is 0 Å². The molecule has 0 saturated carbocycles. The van der Waals surface area contributed by atoms with Crippen molar-refractivity contribution in [3.63, 3.8) is 0 Å². The maximum Gasteiger partial charge on any atom is 0.149 e. The number of pyridine rings is 2. The van der Waals surface area contributed by atoms with Gasteiger partial charge in [-0.2, -0.15) is 0 Å². The Morgan fingerprint density at radius 3 is 1.20 bits per heavy atom. The number of imidazole rings is 2.